The molecule has 22 heavy (non-hydrogen) atoms. The largest absolute Gasteiger partial charge is 0.463 e. The molecular weight excluding hydrogens is 276 g/mol. The van der Waals surface area contributed by atoms with E-state index in [-0.39, 0.29) is 12.1 Å². The first-order chi connectivity index (χ1) is 10.8. The lowest BCUT2D eigenvalue weighted by molar-refractivity contribution is -0.144. The third kappa shape index (κ3) is 2.64. The Balaban J connectivity index is 1.46. The van der Waals surface area contributed by atoms with Crippen LogP contribution in [0.2, 0.25) is 0 Å². The Hall–Kier alpha value is -2.13. The normalized spacial score (nSPS) is 17.7. The van der Waals surface area contributed by atoms with E-state index in [4.69, 9.17) is 9.47 Å². The molecule has 112 valence electrons. The molecule has 1 heterocycles. The van der Waals surface area contributed by atoms with Crippen LogP contribution in [0.4, 0.5) is 0 Å². The van der Waals surface area contributed by atoms with Crippen LogP contribution in [0.1, 0.15) is 23.1 Å². The van der Waals surface area contributed by atoms with E-state index in [1.165, 1.54) is 27.8 Å². The zero-order valence-corrected chi connectivity index (χ0v) is 12.4. The van der Waals surface area contributed by atoms with Gasteiger partial charge in [-0.2, -0.15) is 0 Å². The second-order valence-corrected chi connectivity index (χ2v) is 5.92. The van der Waals surface area contributed by atoms with Gasteiger partial charge in [0.25, 0.3) is 0 Å². The van der Waals surface area contributed by atoms with Gasteiger partial charge in [0.2, 0.25) is 0 Å². The predicted octanol–water partition coefficient (Wildman–Crippen LogP) is 3.13. The van der Waals surface area contributed by atoms with Crippen molar-refractivity contribution in [3.8, 4) is 11.1 Å². The Labute approximate surface area is 129 Å². The van der Waals surface area contributed by atoms with Gasteiger partial charge < -0.3 is 9.47 Å². The second kappa shape index (κ2) is 5.58. The van der Waals surface area contributed by atoms with Crippen molar-refractivity contribution in [1.29, 1.82) is 0 Å². The lowest BCUT2D eigenvalue weighted by atomic mass is 9.98. The minimum absolute atomic E-state index is 0.136. The van der Waals surface area contributed by atoms with Crippen molar-refractivity contribution >= 4 is 5.97 Å². The Kier molecular flexibility index (Phi) is 3.43. The summed E-state index contributed by atoms with van der Waals surface area (Å²) in [5, 5.41) is 0. The fourth-order valence-corrected chi connectivity index (χ4v) is 3.12. The highest BCUT2D eigenvalue weighted by atomic mass is 16.6. The van der Waals surface area contributed by atoms with Crippen molar-refractivity contribution in [2.75, 3.05) is 13.2 Å². The summed E-state index contributed by atoms with van der Waals surface area (Å²) in [5.74, 6) is -0.136. The van der Waals surface area contributed by atoms with Crippen LogP contribution in [0.15, 0.2) is 42.5 Å². The molecule has 1 unspecified atom stereocenters. The van der Waals surface area contributed by atoms with E-state index in [0.29, 0.717) is 13.0 Å². The van der Waals surface area contributed by atoms with Crippen LogP contribution < -0.4 is 0 Å². The van der Waals surface area contributed by atoms with E-state index in [1.807, 2.05) is 0 Å². The Morgan fingerprint density at radius 3 is 2.82 bits per heavy atom. The summed E-state index contributed by atoms with van der Waals surface area (Å²) in [6.45, 7) is 1.12. The molecule has 3 heteroatoms. The summed E-state index contributed by atoms with van der Waals surface area (Å²) < 4.78 is 10.2. The summed E-state index contributed by atoms with van der Waals surface area (Å²) in [6.07, 6.45) is 2.27. The van der Waals surface area contributed by atoms with Gasteiger partial charge in [-0.15, -0.1) is 0 Å². The zero-order valence-electron chi connectivity index (χ0n) is 12.4. The van der Waals surface area contributed by atoms with E-state index >= 15 is 0 Å². The number of esters is 1. The van der Waals surface area contributed by atoms with Crippen molar-refractivity contribution in [1.82, 2.24) is 0 Å². The highest BCUT2D eigenvalue weighted by Crippen LogP contribution is 2.38. The van der Waals surface area contributed by atoms with Crippen molar-refractivity contribution in [3.63, 3.8) is 0 Å². The van der Waals surface area contributed by atoms with Crippen molar-refractivity contribution in [2.24, 2.45) is 0 Å². The molecule has 0 bridgehead atoms. The molecule has 1 aliphatic heterocycles. The van der Waals surface area contributed by atoms with Crippen LogP contribution in [-0.2, 0) is 27.1 Å². The van der Waals surface area contributed by atoms with E-state index in [0.717, 1.165) is 19.4 Å². The summed E-state index contributed by atoms with van der Waals surface area (Å²) in [6, 6.07) is 14.9. The van der Waals surface area contributed by atoms with Gasteiger partial charge in [0, 0.05) is 6.42 Å². The number of hydrogen-bond donors (Lipinski definition) is 0. The fraction of sp³-hybridized carbons (Fsp3) is 0.316. The summed E-state index contributed by atoms with van der Waals surface area (Å²) >= 11 is 0. The second-order valence-electron chi connectivity index (χ2n) is 5.92. The molecule has 2 aromatic rings. The van der Waals surface area contributed by atoms with Crippen molar-refractivity contribution < 1.29 is 14.3 Å². The molecule has 0 aromatic heterocycles. The maximum atomic E-state index is 11.8. The Morgan fingerprint density at radius 1 is 1.14 bits per heavy atom. The number of hydrogen-bond acceptors (Lipinski definition) is 3. The van der Waals surface area contributed by atoms with Crippen molar-refractivity contribution in [2.45, 2.75) is 25.4 Å². The Morgan fingerprint density at radius 2 is 1.95 bits per heavy atom. The molecule has 1 saturated heterocycles. The first-order valence-electron chi connectivity index (χ1n) is 7.77. The summed E-state index contributed by atoms with van der Waals surface area (Å²) in [4.78, 5) is 11.8. The molecule has 2 aromatic carbocycles. The van der Waals surface area contributed by atoms with E-state index < -0.39 is 0 Å². The standard InChI is InChI=1S/C19H18O3/c20-19(22-12-15-11-21-15)9-8-13-5-3-7-17-16-6-2-1-4-14(16)10-18(13)17/h1-7,15H,8-12H2. The minimum Gasteiger partial charge on any atom is -0.463 e. The average Bonchev–Trinajstić information content (AvgIpc) is 3.30. The van der Waals surface area contributed by atoms with Gasteiger partial charge in [-0.25, -0.2) is 0 Å². The number of rotatable bonds is 5. The Bertz CT molecular complexity index is 716. The quantitative estimate of drug-likeness (QED) is 0.536. The number of aryl methyl sites for hydroxylation is 1. The molecule has 0 N–H and O–H groups in total. The van der Waals surface area contributed by atoms with Crippen LogP contribution in [-0.4, -0.2) is 25.3 Å². The van der Waals surface area contributed by atoms with Crippen LogP contribution in [0, 0.1) is 0 Å². The highest BCUT2D eigenvalue weighted by molar-refractivity contribution is 5.78. The van der Waals surface area contributed by atoms with Crippen LogP contribution in [0.3, 0.4) is 0 Å². The smallest absolute Gasteiger partial charge is 0.306 e. The molecule has 3 nitrogen and oxygen atoms in total. The van der Waals surface area contributed by atoms with Crippen molar-refractivity contribution in [3.05, 3.63) is 59.2 Å². The van der Waals surface area contributed by atoms with Gasteiger partial charge in [-0.05, 0) is 40.7 Å². The third-order valence-electron chi connectivity index (χ3n) is 4.38. The third-order valence-corrected chi connectivity index (χ3v) is 4.38. The zero-order chi connectivity index (χ0) is 14.9. The monoisotopic (exact) mass is 294 g/mol. The number of ether oxygens (including phenoxy) is 2. The number of carbonyl (C=O) groups excluding carboxylic acids is 1. The number of epoxide rings is 1. The molecule has 2 aliphatic rings. The van der Waals surface area contributed by atoms with Crippen LogP contribution in [0.25, 0.3) is 11.1 Å². The van der Waals surface area contributed by atoms with Gasteiger partial charge >= 0.3 is 5.97 Å². The van der Waals surface area contributed by atoms with Gasteiger partial charge in [-0.3, -0.25) is 4.79 Å². The minimum atomic E-state index is -0.136. The van der Waals surface area contributed by atoms with Gasteiger partial charge in [0.1, 0.15) is 12.7 Å². The summed E-state index contributed by atoms with van der Waals surface area (Å²) in [5.41, 5.74) is 6.63. The molecule has 0 spiro atoms. The number of fused-ring (bicyclic) bond motifs is 3. The van der Waals surface area contributed by atoms with E-state index in [1.54, 1.807) is 0 Å². The van der Waals surface area contributed by atoms with Crippen LogP contribution >= 0.6 is 0 Å². The van der Waals surface area contributed by atoms with E-state index in [9.17, 15) is 4.79 Å². The maximum absolute atomic E-state index is 11.8. The number of carbonyl (C=O) groups is 1. The molecular formula is C19H18O3. The summed E-state index contributed by atoms with van der Waals surface area (Å²) in [7, 11) is 0. The van der Waals surface area contributed by atoms with Gasteiger partial charge in [-0.1, -0.05) is 42.5 Å². The highest BCUT2D eigenvalue weighted by Gasteiger charge is 2.24. The fourth-order valence-electron chi connectivity index (χ4n) is 3.12. The maximum Gasteiger partial charge on any atom is 0.306 e. The molecule has 1 fully saturated rings. The van der Waals surface area contributed by atoms with Gasteiger partial charge in [0.15, 0.2) is 0 Å². The molecule has 0 saturated carbocycles. The molecule has 0 radical (unpaired) electrons. The predicted molar refractivity (Wildman–Crippen MR) is 83.7 cm³/mol. The molecule has 1 aliphatic carbocycles. The SMILES string of the molecule is O=C(CCc1cccc2c1Cc1ccccc1-2)OCC1CO1. The lowest BCUT2D eigenvalue weighted by Gasteiger charge is -2.08. The van der Waals surface area contributed by atoms with Gasteiger partial charge in [0.05, 0.1) is 6.61 Å². The molecule has 0 amide bonds. The molecule has 1 atom stereocenters. The molecule has 4 rings (SSSR count). The topological polar surface area (TPSA) is 38.8 Å². The average molecular weight is 294 g/mol. The first-order valence-corrected chi connectivity index (χ1v) is 7.77. The lowest BCUT2D eigenvalue weighted by Crippen LogP contribution is -2.10. The van der Waals surface area contributed by atoms with Crippen LogP contribution in [0.5, 0.6) is 0 Å². The van der Waals surface area contributed by atoms with E-state index in [2.05, 4.69) is 42.5 Å². The number of benzene rings is 2. The first kappa shape index (κ1) is 13.5.